The Hall–Kier alpha value is -8.49. The van der Waals surface area contributed by atoms with Gasteiger partial charge in [0.2, 0.25) is 0 Å². The lowest BCUT2D eigenvalue weighted by atomic mass is 9.87. The van der Waals surface area contributed by atoms with Crippen LogP contribution in [0.3, 0.4) is 0 Å². The first-order chi connectivity index (χ1) is 39.6. The monoisotopic (exact) mass is 1080 g/mol. The van der Waals surface area contributed by atoms with Crippen molar-refractivity contribution < 1.29 is 27.4 Å². The molecule has 0 N–H and O–H groups in total. The summed E-state index contributed by atoms with van der Waals surface area (Å²) in [6.07, 6.45) is 7.53. The molecule has 0 amide bonds. The van der Waals surface area contributed by atoms with Crippen molar-refractivity contribution in [2.45, 2.75) is 111 Å². The average Bonchev–Trinajstić information content (AvgIpc) is 3.62. The third-order valence-electron chi connectivity index (χ3n) is 15.2. The van der Waals surface area contributed by atoms with Crippen LogP contribution < -0.4 is 24.0 Å². The molecule has 0 spiro atoms. The zero-order chi connectivity index (χ0) is 56.3. The molecule has 5 nitrogen and oxygen atoms in total. The Bertz CT molecular complexity index is 3350. The minimum Gasteiger partial charge on any atom is -0.489 e. The maximum Gasteiger partial charge on any atom is 0.344 e. The van der Waals surface area contributed by atoms with Gasteiger partial charge in [-0.25, -0.2) is 0 Å². The van der Waals surface area contributed by atoms with E-state index in [1.807, 2.05) is 12.1 Å². The van der Waals surface area contributed by atoms with Gasteiger partial charge >= 0.3 is 12.1 Å². The van der Waals surface area contributed by atoms with Crippen LogP contribution in [-0.2, 0) is 26.1 Å². The molecule has 0 radical (unpaired) electrons. The number of benzene rings is 9. The predicted octanol–water partition coefficient (Wildman–Crippen LogP) is 21.6. The van der Waals surface area contributed by atoms with Gasteiger partial charge in [-0.2, -0.15) is 13.2 Å². The van der Waals surface area contributed by atoms with Gasteiger partial charge in [0.1, 0.15) is 30.5 Å². The van der Waals surface area contributed by atoms with E-state index in [0.29, 0.717) is 18.4 Å². The zero-order valence-electron chi connectivity index (χ0n) is 47.0. The first-order valence-corrected chi connectivity index (χ1v) is 28.7. The number of para-hydroxylation sites is 1. The summed E-state index contributed by atoms with van der Waals surface area (Å²) in [6, 6.07) is 76.2. The number of halogens is 3. The summed E-state index contributed by atoms with van der Waals surface area (Å²) < 4.78 is 54.7. The van der Waals surface area contributed by atoms with E-state index in [0.717, 1.165) is 100.0 Å². The van der Waals surface area contributed by atoms with Crippen molar-refractivity contribution in [1.29, 1.82) is 0 Å². The van der Waals surface area contributed by atoms with Gasteiger partial charge in [0.15, 0.2) is 0 Å². The number of rotatable bonds is 27. The van der Waals surface area contributed by atoms with Gasteiger partial charge in [0.05, 0.1) is 0 Å². The number of nitrogens with zero attached hydrogens (tertiary/aromatic N) is 2. The Kier molecular flexibility index (Phi) is 20.2. The molecule has 0 saturated carbocycles. The van der Waals surface area contributed by atoms with Gasteiger partial charge in [0, 0.05) is 34.1 Å². The van der Waals surface area contributed by atoms with Gasteiger partial charge in [0.25, 0.3) is 0 Å². The van der Waals surface area contributed by atoms with Crippen LogP contribution in [0.25, 0.3) is 11.1 Å². The Morgan fingerprint density at radius 2 is 0.765 bits per heavy atom. The summed E-state index contributed by atoms with van der Waals surface area (Å²) in [7, 11) is 0. The molecule has 9 rings (SSSR count). The molecule has 9 aromatic carbocycles. The maximum atomic E-state index is 13.1. The number of aryl methyl sites for hydroxylation is 2. The second-order valence-electron chi connectivity index (χ2n) is 20.9. The van der Waals surface area contributed by atoms with E-state index >= 15 is 0 Å². The van der Waals surface area contributed by atoms with Gasteiger partial charge in [-0.15, -0.1) is 0 Å². The Balaban J connectivity index is 0.807. The van der Waals surface area contributed by atoms with E-state index < -0.39 is 12.1 Å². The second kappa shape index (κ2) is 28.6. The molecule has 0 aliphatic heterocycles. The van der Waals surface area contributed by atoms with Crippen molar-refractivity contribution in [3.63, 3.8) is 0 Å². The summed E-state index contributed by atoms with van der Waals surface area (Å²) in [5, 5.41) is 0. The molecular formula is C73H73F3N2O3. The molecule has 0 bridgehead atoms. The molecule has 81 heavy (non-hydrogen) atoms. The van der Waals surface area contributed by atoms with Crippen molar-refractivity contribution in [1.82, 2.24) is 0 Å². The molecule has 0 saturated heterocycles. The number of hydrogen-bond donors (Lipinski definition) is 0. The first-order valence-electron chi connectivity index (χ1n) is 28.7. The molecule has 0 aromatic heterocycles. The molecular weight excluding hydrogens is 1010 g/mol. The van der Waals surface area contributed by atoms with Crippen molar-refractivity contribution in [2.75, 3.05) is 9.80 Å². The third kappa shape index (κ3) is 15.7. The molecule has 9 aromatic rings. The predicted molar refractivity (Wildman–Crippen MR) is 328 cm³/mol. The normalized spacial score (nSPS) is 11.8. The quantitative estimate of drug-likeness (QED) is 0.0480. The highest BCUT2D eigenvalue weighted by molar-refractivity contribution is 5.81. The van der Waals surface area contributed by atoms with E-state index in [9.17, 15) is 13.2 Å². The molecule has 0 aliphatic carbocycles. The highest BCUT2D eigenvalue weighted by Gasteiger charge is 2.18. The maximum absolute atomic E-state index is 13.1. The van der Waals surface area contributed by atoms with Gasteiger partial charge in [-0.05, 0) is 210 Å². The largest absolute Gasteiger partial charge is 0.489 e. The lowest BCUT2D eigenvalue weighted by molar-refractivity contribution is 0.241. The molecule has 0 fully saturated rings. The summed E-state index contributed by atoms with van der Waals surface area (Å²) in [4.78, 5) is 4.66. The summed E-state index contributed by atoms with van der Waals surface area (Å²) >= 11 is 0. The fraction of sp³-hybridized carbons (Fsp3) is 0.233. The zero-order valence-corrected chi connectivity index (χ0v) is 47.0. The van der Waals surface area contributed by atoms with Crippen molar-refractivity contribution >= 4 is 34.1 Å². The van der Waals surface area contributed by atoms with Crippen LogP contribution in [0.2, 0.25) is 0 Å². The Labute approximate surface area is 477 Å². The number of anilines is 6. The molecule has 0 aliphatic rings. The van der Waals surface area contributed by atoms with E-state index in [2.05, 4.69) is 230 Å². The summed E-state index contributed by atoms with van der Waals surface area (Å²) in [6.45, 7) is 9.73. The van der Waals surface area contributed by atoms with Crippen LogP contribution in [0.1, 0.15) is 118 Å². The van der Waals surface area contributed by atoms with Crippen LogP contribution in [0.4, 0.5) is 47.3 Å². The van der Waals surface area contributed by atoms with Crippen LogP contribution in [0.5, 0.6) is 17.2 Å². The molecule has 8 heteroatoms. The van der Waals surface area contributed by atoms with Gasteiger partial charge in [-0.1, -0.05) is 156 Å². The van der Waals surface area contributed by atoms with Crippen LogP contribution in [0, 0.1) is 0 Å². The van der Waals surface area contributed by atoms with Crippen molar-refractivity contribution in [3.05, 3.63) is 270 Å². The number of hydrogen-bond acceptors (Lipinski definition) is 5. The molecule has 0 heterocycles. The molecule has 2 unspecified atom stereocenters. The lowest BCUT2D eigenvalue weighted by Gasteiger charge is -2.26. The van der Waals surface area contributed by atoms with E-state index in [1.165, 1.54) is 60.1 Å². The lowest BCUT2D eigenvalue weighted by Crippen LogP contribution is -2.10. The van der Waals surface area contributed by atoms with E-state index in [1.54, 1.807) is 12.1 Å². The summed E-state index contributed by atoms with van der Waals surface area (Å²) in [5.41, 5.74) is 16.1. The summed E-state index contributed by atoms with van der Waals surface area (Å²) in [5.74, 6) is 2.34. The highest BCUT2D eigenvalue weighted by Crippen LogP contribution is 2.39. The average molecular weight is 1080 g/mol. The number of unbranched alkanes of at least 4 members (excludes halogenated alkanes) is 2. The second-order valence-corrected chi connectivity index (χ2v) is 20.9. The van der Waals surface area contributed by atoms with Gasteiger partial charge < -0.3 is 24.0 Å². The van der Waals surface area contributed by atoms with E-state index in [4.69, 9.17) is 9.47 Å². The fourth-order valence-electron chi connectivity index (χ4n) is 10.3. The van der Waals surface area contributed by atoms with Crippen molar-refractivity contribution in [2.24, 2.45) is 0 Å². The Morgan fingerprint density at radius 3 is 1.17 bits per heavy atom. The standard InChI is InChI=1S/C73H73F3N2O3/c1-5-8-13-54-18-35-64(36-19-54)77(63-15-11-10-12-16-63)67-41-27-61(28-42-67)62-29-43-68(44-30-62)78(65-37-20-55(21-38-65)14-9-6-2)66-39-22-56(23-40-66)51-79-69-47-31-59(32-48-69)53(4)17-26-58(7-3)60-33-49-70(50-34-60)80-52-57-24-45-71(46-25-57)81-73(76)72(74)75/h10-12,15-16,18-25,27-50,53,58H,5-9,13-14,17,26,51-52H2,1-4H3. The highest BCUT2D eigenvalue weighted by atomic mass is 19.3. The van der Waals surface area contributed by atoms with Crippen LogP contribution in [0.15, 0.2) is 237 Å². The minimum atomic E-state index is -2.50. The third-order valence-corrected chi connectivity index (χ3v) is 15.2. The Morgan fingerprint density at radius 1 is 0.395 bits per heavy atom. The van der Waals surface area contributed by atoms with Gasteiger partial charge in [-0.3, -0.25) is 0 Å². The van der Waals surface area contributed by atoms with Crippen molar-refractivity contribution in [3.8, 4) is 28.4 Å². The molecule has 414 valence electrons. The van der Waals surface area contributed by atoms with E-state index in [-0.39, 0.29) is 12.4 Å². The molecule has 2 atom stereocenters. The van der Waals surface area contributed by atoms with Crippen LogP contribution in [-0.4, -0.2) is 0 Å². The fourth-order valence-corrected chi connectivity index (χ4v) is 10.3. The number of ether oxygens (including phenoxy) is 3. The minimum absolute atomic E-state index is 0.0133. The topological polar surface area (TPSA) is 34.2 Å². The SMILES string of the molecule is CCCCc1ccc(N(c2ccccc2)c2ccc(-c3ccc(N(c4ccc(CCCC)cc4)c4ccc(COc5ccc(C(C)CCC(CC)c6ccc(OCc7ccc(OC(F)=C(F)F)cc7)cc6)cc5)cc4)cc3)cc2)cc1. The first kappa shape index (κ1) is 57.2. The smallest absolute Gasteiger partial charge is 0.344 e. The van der Waals surface area contributed by atoms with Crippen LogP contribution >= 0.6 is 0 Å².